The first kappa shape index (κ1) is 23.2. The Morgan fingerprint density at radius 3 is 0.913 bits per heavy atom. The number of hydrogen-bond acceptors (Lipinski definition) is 1. The molecule has 140 valence electrons. The lowest BCUT2D eigenvalue weighted by Gasteiger charge is -2.29. The summed E-state index contributed by atoms with van der Waals surface area (Å²) in [6.45, 7) is 20.6. The van der Waals surface area contributed by atoms with Gasteiger partial charge in [0.15, 0.2) is 0 Å². The van der Waals surface area contributed by atoms with Crippen LogP contribution in [0, 0.1) is 35.5 Å². The van der Waals surface area contributed by atoms with Gasteiger partial charge in [-0.1, -0.05) is 62.3 Å². The Balaban J connectivity index is 4.91. The van der Waals surface area contributed by atoms with Gasteiger partial charge in [-0.2, -0.15) is 0 Å². The Morgan fingerprint density at radius 1 is 0.522 bits per heavy atom. The van der Waals surface area contributed by atoms with Crippen LogP contribution in [0.1, 0.15) is 81.6 Å². The fraction of sp³-hybridized carbons (Fsp3) is 1.00. The molecular weight excluding hydrogens is 299 g/mol. The minimum absolute atomic E-state index is 0.596. The van der Waals surface area contributed by atoms with Crippen LogP contribution >= 0.6 is 7.14 Å². The summed E-state index contributed by atoms with van der Waals surface area (Å²) in [6, 6.07) is 0. The fourth-order valence-electron chi connectivity index (χ4n) is 4.57. The van der Waals surface area contributed by atoms with Gasteiger partial charge in [0.25, 0.3) is 0 Å². The first-order valence-electron chi connectivity index (χ1n) is 10.0. The summed E-state index contributed by atoms with van der Waals surface area (Å²) in [6.07, 6.45) is 6.53. The average molecular weight is 345 g/mol. The molecule has 0 aromatic heterocycles. The summed E-state index contributed by atoms with van der Waals surface area (Å²) in [7, 11) is -2.06. The van der Waals surface area contributed by atoms with E-state index in [-0.39, 0.29) is 0 Å². The van der Waals surface area contributed by atoms with E-state index in [1.54, 1.807) is 0 Å². The second-order valence-corrected chi connectivity index (χ2v) is 13.0. The first-order chi connectivity index (χ1) is 10.4. The van der Waals surface area contributed by atoms with E-state index in [4.69, 9.17) is 0 Å². The number of rotatable bonds is 12. The molecule has 0 aliphatic heterocycles. The van der Waals surface area contributed by atoms with E-state index in [1.165, 1.54) is 19.3 Å². The van der Waals surface area contributed by atoms with E-state index in [0.29, 0.717) is 35.5 Å². The molecule has 0 saturated heterocycles. The van der Waals surface area contributed by atoms with E-state index in [9.17, 15) is 4.57 Å². The van der Waals surface area contributed by atoms with Crippen LogP contribution in [0.2, 0.25) is 0 Å². The van der Waals surface area contributed by atoms with Crippen molar-refractivity contribution in [1.82, 2.24) is 0 Å². The quantitative estimate of drug-likeness (QED) is 0.337. The molecular formula is C21H45OP. The van der Waals surface area contributed by atoms with Gasteiger partial charge >= 0.3 is 0 Å². The summed E-state index contributed by atoms with van der Waals surface area (Å²) < 4.78 is 13.8. The van der Waals surface area contributed by atoms with Gasteiger partial charge in [-0.25, -0.2) is 0 Å². The van der Waals surface area contributed by atoms with Crippen molar-refractivity contribution in [3.63, 3.8) is 0 Å². The van der Waals surface area contributed by atoms with E-state index < -0.39 is 7.14 Å². The minimum atomic E-state index is -2.06. The van der Waals surface area contributed by atoms with Crippen LogP contribution in [-0.4, -0.2) is 18.5 Å². The molecule has 3 atom stereocenters. The summed E-state index contributed by atoms with van der Waals surface area (Å²) in [5.41, 5.74) is 0. The highest BCUT2D eigenvalue weighted by molar-refractivity contribution is 7.63. The van der Waals surface area contributed by atoms with E-state index in [2.05, 4.69) is 62.3 Å². The predicted octanol–water partition coefficient (Wildman–Crippen LogP) is 7.40. The van der Waals surface area contributed by atoms with Gasteiger partial charge < -0.3 is 4.57 Å². The van der Waals surface area contributed by atoms with Gasteiger partial charge in [0, 0.05) is 18.5 Å². The molecule has 1 nitrogen and oxygen atoms in total. The summed E-state index contributed by atoms with van der Waals surface area (Å²) >= 11 is 0. The van der Waals surface area contributed by atoms with Crippen LogP contribution in [0.25, 0.3) is 0 Å². The molecule has 0 fully saturated rings. The maximum absolute atomic E-state index is 13.8. The van der Waals surface area contributed by atoms with Crippen LogP contribution < -0.4 is 0 Å². The maximum Gasteiger partial charge on any atom is 0.0885 e. The Hall–Kier alpha value is 0.230. The van der Waals surface area contributed by atoms with Crippen molar-refractivity contribution in [2.45, 2.75) is 81.6 Å². The predicted molar refractivity (Wildman–Crippen MR) is 108 cm³/mol. The van der Waals surface area contributed by atoms with Gasteiger partial charge in [0.1, 0.15) is 0 Å². The van der Waals surface area contributed by atoms with Gasteiger partial charge in [0.05, 0.1) is 7.14 Å². The molecule has 0 saturated carbocycles. The Bertz CT molecular complexity index is 293. The van der Waals surface area contributed by atoms with Crippen molar-refractivity contribution in [3.05, 3.63) is 0 Å². The van der Waals surface area contributed by atoms with E-state index in [1.807, 2.05) is 0 Å². The van der Waals surface area contributed by atoms with Crippen molar-refractivity contribution in [2.75, 3.05) is 18.5 Å². The SMILES string of the molecule is CC(C)CC(C)CP(=O)(CC(C)CC(C)C)CC(C)CC(C)C. The Morgan fingerprint density at radius 2 is 0.739 bits per heavy atom. The summed E-state index contributed by atoms with van der Waals surface area (Å²) in [5.74, 6) is 3.91. The second-order valence-electron chi connectivity index (χ2n) is 9.81. The van der Waals surface area contributed by atoms with Gasteiger partial charge in [-0.15, -0.1) is 0 Å². The molecule has 0 N–H and O–H groups in total. The molecule has 3 unspecified atom stereocenters. The largest absolute Gasteiger partial charge is 0.324 e. The monoisotopic (exact) mass is 344 g/mol. The lowest BCUT2D eigenvalue weighted by molar-refractivity contribution is 0.437. The topological polar surface area (TPSA) is 17.1 Å². The van der Waals surface area contributed by atoms with Crippen LogP contribution in [0.3, 0.4) is 0 Å². The Kier molecular flexibility index (Phi) is 11.1. The minimum Gasteiger partial charge on any atom is -0.324 e. The molecule has 0 aromatic carbocycles. The molecule has 0 aromatic rings. The van der Waals surface area contributed by atoms with Crippen molar-refractivity contribution in [2.24, 2.45) is 35.5 Å². The molecule has 0 spiro atoms. The van der Waals surface area contributed by atoms with Crippen molar-refractivity contribution >= 4 is 7.14 Å². The van der Waals surface area contributed by atoms with Crippen molar-refractivity contribution in [3.8, 4) is 0 Å². The molecule has 0 rings (SSSR count). The lowest BCUT2D eigenvalue weighted by atomic mass is 10.0. The molecule has 0 radical (unpaired) electrons. The third kappa shape index (κ3) is 12.3. The van der Waals surface area contributed by atoms with Crippen LogP contribution in [0.4, 0.5) is 0 Å². The normalized spacial score (nSPS) is 19.1. The van der Waals surface area contributed by atoms with Crippen molar-refractivity contribution in [1.29, 1.82) is 0 Å². The van der Waals surface area contributed by atoms with Gasteiger partial charge in [-0.05, 0) is 54.8 Å². The van der Waals surface area contributed by atoms with Crippen molar-refractivity contribution < 1.29 is 4.57 Å². The van der Waals surface area contributed by atoms with Gasteiger partial charge in [-0.3, -0.25) is 0 Å². The molecule has 2 heteroatoms. The third-order valence-electron chi connectivity index (χ3n) is 4.55. The standard InChI is InChI=1S/C21H45OP/c1-16(2)10-19(7)13-23(22,14-20(8)11-17(3)4)15-21(9)12-18(5)6/h16-21H,10-15H2,1-9H3. The fourth-order valence-corrected chi connectivity index (χ4v) is 8.87. The summed E-state index contributed by atoms with van der Waals surface area (Å²) in [5, 5.41) is 0. The van der Waals surface area contributed by atoms with Gasteiger partial charge in [0.2, 0.25) is 0 Å². The molecule has 0 heterocycles. The molecule has 0 aliphatic rings. The zero-order valence-corrected chi connectivity index (χ0v) is 18.5. The molecule has 0 bridgehead atoms. The lowest BCUT2D eigenvalue weighted by Crippen LogP contribution is -2.18. The van der Waals surface area contributed by atoms with Crippen LogP contribution in [0.5, 0.6) is 0 Å². The zero-order valence-electron chi connectivity index (χ0n) is 17.6. The highest BCUT2D eigenvalue weighted by Crippen LogP contribution is 2.52. The Labute approximate surface area is 147 Å². The van der Waals surface area contributed by atoms with Crippen LogP contribution in [0.15, 0.2) is 0 Å². The molecule has 0 aliphatic carbocycles. The van der Waals surface area contributed by atoms with E-state index in [0.717, 1.165) is 18.5 Å². The highest BCUT2D eigenvalue weighted by Gasteiger charge is 2.29. The maximum atomic E-state index is 13.8. The van der Waals surface area contributed by atoms with E-state index >= 15 is 0 Å². The molecule has 0 amide bonds. The highest BCUT2D eigenvalue weighted by atomic mass is 31.2. The molecule has 23 heavy (non-hydrogen) atoms. The second kappa shape index (κ2) is 11.0. The number of hydrogen-bond donors (Lipinski definition) is 0. The third-order valence-corrected chi connectivity index (χ3v) is 8.42. The summed E-state index contributed by atoms with van der Waals surface area (Å²) in [4.78, 5) is 0. The average Bonchev–Trinajstić information content (AvgIpc) is 2.22. The first-order valence-corrected chi connectivity index (χ1v) is 12.3. The zero-order chi connectivity index (χ0) is 18.2. The smallest absolute Gasteiger partial charge is 0.0885 e. The van der Waals surface area contributed by atoms with Crippen LogP contribution in [-0.2, 0) is 4.57 Å².